The van der Waals surface area contributed by atoms with Crippen molar-refractivity contribution in [3.63, 3.8) is 0 Å². The molecule has 3 aromatic heterocycles. The van der Waals surface area contributed by atoms with Gasteiger partial charge in [0.15, 0.2) is 17.0 Å². The van der Waals surface area contributed by atoms with Crippen LogP contribution in [-0.2, 0) is 35.0 Å². The molecule has 0 bridgehead atoms. The van der Waals surface area contributed by atoms with Crippen LogP contribution in [0.15, 0.2) is 23.3 Å². The Morgan fingerprint density at radius 1 is 1.16 bits per heavy atom. The van der Waals surface area contributed by atoms with Gasteiger partial charge in [-0.25, -0.2) is 15.1 Å². The van der Waals surface area contributed by atoms with Crippen LogP contribution in [0, 0.1) is 0 Å². The SMILES string of the molecule is C[C@H](COCCC(=O)N1CCn2c(nc3cc(C(F)(F)F)cnc32)C1)Oc1cn[nH]c(=O)c1C(F)(F)F. The summed E-state index contributed by atoms with van der Waals surface area (Å²) in [5.41, 5.74) is -3.47. The number of alkyl halides is 6. The van der Waals surface area contributed by atoms with Crippen molar-refractivity contribution in [2.24, 2.45) is 0 Å². The summed E-state index contributed by atoms with van der Waals surface area (Å²) in [7, 11) is 0. The summed E-state index contributed by atoms with van der Waals surface area (Å²) in [5.74, 6) is -0.637. The second-order valence-corrected chi connectivity index (χ2v) is 8.25. The molecule has 1 aliphatic heterocycles. The van der Waals surface area contributed by atoms with Crippen molar-refractivity contribution in [3.05, 3.63) is 45.8 Å². The van der Waals surface area contributed by atoms with Crippen LogP contribution in [0.3, 0.4) is 0 Å². The first-order valence-corrected chi connectivity index (χ1v) is 10.9. The number of pyridine rings is 1. The van der Waals surface area contributed by atoms with E-state index < -0.39 is 40.9 Å². The smallest absolute Gasteiger partial charge is 0.425 e. The van der Waals surface area contributed by atoms with Gasteiger partial charge in [-0.2, -0.15) is 31.4 Å². The molecule has 10 nitrogen and oxygen atoms in total. The van der Waals surface area contributed by atoms with Gasteiger partial charge in [0.25, 0.3) is 5.56 Å². The monoisotopic (exact) mass is 534 g/mol. The molecule has 16 heteroatoms. The highest BCUT2D eigenvalue weighted by molar-refractivity contribution is 5.77. The molecular weight excluding hydrogens is 514 g/mol. The van der Waals surface area contributed by atoms with E-state index in [1.165, 1.54) is 11.8 Å². The molecule has 3 aromatic rings. The average molecular weight is 534 g/mol. The molecule has 37 heavy (non-hydrogen) atoms. The number of hydrogen-bond acceptors (Lipinski definition) is 7. The Labute approximate surface area is 204 Å². The second-order valence-electron chi connectivity index (χ2n) is 8.25. The number of ether oxygens (including phenoxy) is 2. The fourth-order valence-electron chi connectivity index (χ4n) is 3.81. The minimum absolute atomic E-state index is 0.0518. The third-order valence-electron chi connectivity index (χ3n) is 5.52. The molecule has 0 saturated carbocycles. The molecule has 0 aliphatic carbocycles. The number of nitrogens with zero attached hydrogens (tertiary/aromatic N) is 5. The second kappa shape index (κ2) is 9.99. The number of hydrogen-bond donors (Lipinski definition) is 1. The molecule has 0 radical (unpaired) electrons. The van der Waals surface area contributed by atoms with Crippen LogP contribution in [0.1, 0.15) is 30.3 Å². The Morgan fingerprint density at radius 2 is 1.92 bits per heavy atom. The molecule has 0 saturated heterocycles. The highest BCUT2D eigenvalue weighted by Crippen LogP contribution is 2.33. The van der Waals surface area contributed by atoms with Gasteiger partial charge in [-0.1, -0.05) is 0 Å². The predicted octanol–water partition coefficient (Wildman–Crippen LogP) is 2.77. The highest BCUT2D eigenvalue weighted by Gasteiger charge is 2.38. The Kier molecular flexibility index (Phi) is 7.12. The lowest BCUT2D eigenvalue weighted by Gasteiger charge is -2.27. The number of carbonyl (C=O) groups is 1. The summed E-state index contributed by atoms with van der Waals surface area (Å²) >= 11 is 0. The molecule has 1 amide bonds. The first-order valence-electron chi connectivity index (χ1n) is 10.9. The van der Waals surface area contributed by atoms with Gasteiger partial charge in [0.2, 0.25) is 5.91 Å². The zero-order chi connectivity index (χ0) is 27.0. The number of aromatic amines is 1. The molecule has 1 N–H and O–H groups in total. The lowest BCUT2D eigenvalue weighted by Crippen LogP contribution is -2.39. The summed E-state index contributed by atoms with van der Waals surface area (Å²) in [5, 5.41) is 5.02. The fourth-order valence-corrected chi connectivity index (χ4v) is 3.81. The van der Waals surface area contributed by atoms with Crippen molar-refractivity contribution < 1.29 is 40.6 Å². The minimum Gasteiger partial charge on any atom is -0.486 e. The standard InChI is InChI=1S/C21H20F6N6O4/c1-11(37-14-8-29-31-19(35)17(14)21(25,26)27)10-36-5-2-16(34)32-3-4-33-15(9-32)30-13-6-12(20(22,23)24)7-28-18(13)33/h6-8,11H,2-5,9-10H2,1H3,(H,31,35)/t11-/m1/s1. The third kappa shape index (κ3) is 5.84. The summed E-state index contributed by atoms with van der Waals surface area (Å²) in [6.07, 6.45) is -8.94. The van der Waals surface area contributed by atoms with Crippen molar-refractivity contribution >= 4 is 17.1 Å². The van der Waals surface area contributed by atoms with Gasteiger partial charge < -0.3 is 18.9 Å². The van der Waals surface area contributed by atoms with Crippen molar-refractivity contribution in [1.82, 2.24) is 29.6 Å². The molecule has 200 valence electrons. The van der Waals surface area contributed by atoms with E-state index in [1.54, 1.807) is 9.67 Å². The molecule has 0 fully saturated rings. The summed E-state index contributed by atoms with van der Waals surface area (Å²) in [4.78, 5) is 33.6. The van der Waals surface area contributed by atoms with E-state index in [-0.39, 0.29) is 44.1 Å². The molecule has 0 unspecified atom stereocenters. The third-order valence-corrected chi connectivity index (χ3v) is 5.52. The maximum absolute atomic E-state index is 13.1. The molecule has 1 aliphatic rings. The summed E-state index contributed by atoms with van der Waals surface area (Å²) in [6.45, 7) is 1.86. The van der Waals surface area contributed by atoms with Gasteiger partial charge in [0, 0.05) is 19.3 Å². The molecule has 4 heterocycles. The molecule has 0 aromatic carbocycles. The van der Waals surface area contributed by atoms with E-state index in [9.17, 15) is 35.9 Å². The largest absolute Gasteiger partial charge is 0.486 e. The zero-order valence-corrected chi connectivity index (χ0v) is 19.2. The lowest BCUT2D eigenvalue weighted by molar-refractivity contribution is -0.141. The normalized spacial score (nSPS) is 15.1. The minimum atomic E-state index is -4.94. The number of nitrogens with one attached hydrogen (secondary N) is 1. The maximum atomic E-state index is 13.1. The van der Waals surface area contributed by atoms with Crippen LogP contribution < -0.4 is 10.3 Å². The number of halogens is 6. The molecule has 4 rings (SSSR count). The van der Waals surface area contributed by atoms with Crippen molar-refractivity contribution in [2.45, 2.75) is 44.9 Å². The van der Waals surface area contributed by atoms with Crippen LogP contribution in [0.25, 0.3) is 11.2 Å². The number of H-pyrrole nitrogens is 1. The first-order chi connectivity index (χ1) is 17.3. The molecular formula is C21H20F6N6O4. The Bertz CT molecular complexity index is 1350. The molecule has 1 atom stereocenters. The first kappa shape index (κ1) is 26.4. The predicted molar refractivity (Wildman–Crippen MR) is 113 cm³/mol. The van der Waals surface area contributed by atoms with Crippen molar-refractivity contribution in [3.8, 4) is 5.75 Å². The van der Waals surface area contributed by atoms with E-state index in [0.29, 0.717) is 18.0 Å². The van der Waals surface area contributed by atoms with Gasteiger partial charge in [0.1, 0.15) is 17.4 Å². The van der Waals surface area contributed by atoms with Crippen LogP contribution in [0.5, 0.6) is 5.75 Å². The van der Waals surface area contributed by atoms with E-state index in [0.717, 1.165) is 18.5 Å². The van der Waals surface area contributed by atoms with Gasteiger partial charge in [-0.15, -0.1) is 0 Å². The number of aromatic nitrogens is 5. The average Bonchev–Trinajstić information content (AvgIpc) is 3.17. The van der Waals surface area contributed by atoms with Crippen molar-refractivity contribution in [2.75, 3.05) is 19.8 Å². The number of amides is 1. The maximum Gasteiger partial charge on any atom is 0.425 e. The van der Waals surface area contributed by atoms with Crippen LogP contribution in [0.2, 0.25) is 0 Å². The fraction of sp³-hybridized carbons (Fsp3) is 0.476. The van der Waals surface area contributed by atoms with Gasteiger partial charge in [0.05, 0.1) is 37.9 Å². The van der Waals surface area contributed by atoms with Crippen molar-refractivity contribution in [1.29, 1.82) is 0 Å². The topological polar surface area (TPSA) is 115 Å². The Morgan fingerprint density at radius 3 is 2.62 bits per heavy atom. The van der Waals surface area contributed by atoms with E-state index >= 15 is 0 Å². The van der Waals surface area contributed by atoms with Gasteiger partial charge in [-0.3, -0.25) is 9.59 Å². The highest BCUT2D eigenvalue weighted by atomic mass is 19.4. The van der Waals surface area contributed by atoms with E-state index in [4.69, 9.17) is 9.47 Å². The number of rotatable bonds is 7. The van der Waals surface area contributed by atoms with Crippen LogP contribution >= 0.6 is 0 Å². The summed E-state index contributed by atoms with van der Waals surface area (Å²) in [6, 6.07) is 0.913. The quantitative estimate of drug-likeness (QED) is 0.366. The lowest BCUT2D eigenvalue weighted by atomic mass is 10.2. The van der Waals surface area contributed by atoms with E-state index in [2.05, 4.69) is 15.1 Å². The Balaban J connectivity index is 1.29. The number of fused-ring (bicyclic) bond motifs is 3. The van der Waals surface area contributed by atoms with E-state index in [1.807, 2.05) is 0 Å². The molecule has 0 spiro atoms. The zero-order valence-electron chi connectivity index (χ0n) is 19.2. The van der Waals surface area contributed by atoms with Gasteiger partial charge in [-0.05, 0) is 13.0 Å². The van der Waals surface area contributed by atoms with Crippen LogP contribution in [-0.4, -0.2) is 61.4 Å². The van der Waals surface area contributed by atoms with Crippen LogP contribution in [0.4, 0.5) is 26.3 Å². The summed E-state index contributed by atoms with van der Waals surface area (Å²) < 4.78 is 90.3. The number of carbonyl (C=O) groups excluding carboxylic acids is 1. The Hall–Kier alpha value is -3.69. The number of imidazole rings is 1. The van der Waals surface area contributed by atoms with Gasteiger partial charge >= 0.3 is 12.4 Å².